The molecule has 0 heterocycles. The summed E-state index contributed by atoms with van der Waals surface area (Å²) >= 11 is 0. The number of benzene rings is 1. The summed E-state index contributed by atoms with van der Waals surface area (Å²) in [6.07, 6.45) is 1.11. The Balaban J connectivity index is 3.02. The molecule has 0 fully saturated rings. The molecular formula is C10H9F2NO. The van der Waals surface area contributed by atoms with Gasteiger partial charge in [0.2, 0.25) is 6.08 Å². The summed E-state index contributed by atoms with van der Waals surface area (Å²) in [5, 5.41) is 0. The van der Waals surface area contributed by atoms with E-state index >= 15 is 0 Å². The van der Waals surface area contributed by atoms with Gasteiger partial charge in [-0.2, -0.15) is 13.8 Å². The van der Waals surface area contributed by atoms with E-state index in [-0.39, 0.29) is 5.56 Å². The van der Waals surface area contributed by atoms with Gasteiger partial charge in [0, 0.05) is 5.56 Å². The van der Waals surface area contributed by atoms with Crippen LogP contribution in [-0.4, -0.2) is 12.6 Å². The monoisotopic (exact) mass is 197 g/mol. The molecule has 1 aromatic carbocycles. The lowest BCUT2D eigenvalue weighted by Crippen LogP contribution is -2.18. The number of aryl methyl sites for hydroxylation is 1. The average molecular weight is 197 g/mol. The van der Waals surface area contributed by atoms with Crippen LogP contribution in [0.3, 0.4) is 0 Å². The highest BCUT2D eigenvalue weighted by atomic mass is 19.3. The molecule has 0 aliphatic rings. The maximum absolute atomic E-state index is 13.3. The zero-order valence-electron chi connectivity index (χ0n) is 7.63. The molecule has 1 aromatic rings. The zero-order valence-corrected chi connectivity index (χ0v) is 7.63. The second-order valence-corrected chi connectivity index (χ2v) is 2.93. The van der Waals surface area contributed by atoms with Gasteiger partial charge in [-0.05, 0) is 12.5 Å². The Morgan fingerprint density at radius 1 is 1.43 bits per heavy atom. The third kappa shape index (κ3) is 2.24. The molecule has 0 saturated heterocycles. The summed E-state index contributed by atoms with van der Waals surface area (Å²) in [5.74, 6) is -3.09. The lowest BCUT2D eigenvalue weighted by atomic mass is 10.0. The number of halogens is 2. The fourth-order valence-electron chi connectivity index (χ4n) is 1.20. The number of hydrogen-bond acceptors (Lipinski definition) is 2. The first-order valence-corrected chi connectivity index (χ1v) is 4.05. The number of nitrogens with zero attached hydrogens (tertiary/aromatic N) is 1. The molecule has 14 heavy (non-hydrogen) atoms. The third-order valence-electron chi connectivity index (χ3n) is 1.88. The lowest BCUT2D eigenvalue weighted by Gasteiger charge is -2.15. The molecule has 0 amide bonds. The van der Waals surface area contributed by atoms with Crippen molar-refractivity contribution in [3.05, 3.63) is 35.4 Å². The zero-order chi connectivity index (χ0) is 10.6. The van der Waals surface area contributed by atoms with Crippen LogP contribution in [-0.2, 0) is 10.7 Å². The van der Waals surface area contributed by atoms with Crippen LogP contribution in [0.5, 0.6) is 0 Å². The summed E-state index contributed by atoms with van der Waals surface area (Å²) in [5.41, 5.74) is 0.387. The van der Waals surface area contributed by atoms with E-state index in [0.717, 1.165) is 6.08 Å². The minimum atomic E-state index is -3.09. The Bertz CT molecular complexity index is 370. The quantitative estimate of drug-likeness (QED) is 0.540. The van der Waals surface area contributed by atoms with E-state index in [1.165, 1.54) is 12.1 Å². The molecule has 0 saturated carbocycles. The molecule has 1 rings (SSSR count). The number of hydrogen-bond donors (Lipinski definition) is 0. The van der Waals surface area contributed by atoms with E-state index in [9.17, 15) is 13.6 Å². The smallest absolute Gasteiger partial charge is 0.211 e. The standard InChI is InChI=1S/C10H9F2NO/c1-8-4-2-3-5-9(8)10(11,12)6-13-7-14/h2-5H,6H2,1H3. The molecule has 0 atom stereocenters. The normalized spacial score (nSPS) is 10.8. The van der Waals surface area contributed by atoms with Crippen LogP contribution in [0.25, 0.3) is 0 Å². The van der Waals surface area contributed by atoms with Crippen LogP contribution in [0.1, 0.15) is 11.1 Å². The van der Waals surface area contributed by atoms with E-state index in [0.29, 0.717) is 5.56 Å². The van der Waals surface area contributed by atoms with Crippen LogP contribution < -0.4 is 0 Å². The van der Waals surface area contributed by atoms with Gasteiger partial charge in [-0.25, -0.2) is 4.79 Å². The molecule has 74 valence electrons. The van der Waals surface area contributed by atoms with Crippen molar-refractivity contribution in [2.75, 3.05) is 6.54 Å². The molecule has 0 aliphatic carbocycles. The molecule has 0 bridgehead atoms. The van der Waals surface area contributed by atoms with Gasteiger partial charge in [0.1, 0.15) is 6.54 Å². The van der Waals surface area contributed by atoms with E-state index in [4.69, 9.17) is 0 Å². The predicted molar refractivity (Wildman–Crippen MR) is 48.1 cm³/mol. The Morgan fingerprint density at radius 3 is 2.64 bits per heavy atom. The number of rotatable bonds is 3. The molecule has 4 heteroatoms. The van der Waals surface area contributed by atoms with E-state index in [2.05, 4.69) is 4.99 Å². The summed E-state index contributed by atoms with van der Waals surface area (Å²) in [6, 6.07) is 6.13. The molecule has 0 aromatic heterocycles. The van der Waals surface area contributed by atoms with Gasteiger partial charge in [-0.15, -0.1) is 0 Å². The molecular weight excluding hydrogens is 188 g/mol. The van der Waals surface area contributed by atoms with Gasteiger partial charge >= 0.3 is 0 Å². The maximum atomic E-state index is 13.3. The van der Waals surface area contributed by atoms with Crippen molar-refractivity contribution in [1.82, 2.24) is 0 Å². The van der Waals surface area contributed by atoms with Crippen molar-refractivity contribution >= 4 is 6.08 Å². The SMILES string of the molecule is Cc1ccccc1C(F)(F)CN=C=O. The van der Waals surface area contributed by atoms with E-state index in [1.54, 1.807) is 19.1 Å². The first-order chi connectivity index (χ1) is 6.58. The summed E-state index contributed by atoms with van der Waals surface area (Å²) in [4.78, 5) is 12.6. The number of aliphatic imine (C=N–C) groups is 1. The highest BCUT2D eigenvalue weighted by molar-refractivity contribution is 5.35. The highest BCUT2D eigenvalue weighted by Crippen LogP contribution is 2.30. The second kappa shape index (κ2) is 4.11. The van der Waals surface area contributed by atoms with Crippen molar-refractivity contribution in [2.24, 2.45) is 4.99 Å². The van der Waals surface area contributed by atoms with Crippen LogP contribution in [0.2, 0.25) is 0 Å². The van der Waals surface area contributed by atoms with Gasteiger partial charge < -0.3 is 0 Å². The molecule has 0 radical (unpaired) electrons. The molecule has 0 N–H and O–H groups in total. The third-order valence-corrected chi connectivity index (χ3v) is 1.88. The van der Waals surface area contributed by atoms with Gasteiger partial charge in [0.15, 0.2) is 0 Å². The first kappa shape index (κ1) is 10.5. The van der Waals surface area contributed by atoms with Gasteiger partial charge in [0.05, 0.1) is 0 Å². The Kier molecular flexibility index (Phi) is 3.10. The number of carbonyl (C=O) groups excluding carboxylic acids is 1. The second-order valence-electron chi connectivity index (χ2n) is 2.93. The Hall–Kier alpha value is -1.54. The van der Waals surface area contributed by atoms with Gasteiger partial charge in [-0.3, -0.25) is 0 Å². The van der Waals surface area contributed by atoms with E-state index in [1.807, 2.05) is 0 Å². The van der Waals surface area contributed by atoms with Crippen LogP contribution >= 0.6 is 0 Å². The molecule has 0 aliphatic heterocycles. The maximum Gasteiger partial charge on any atom is 0.293 e. The first-order valence-electron chi connectivity index (χ1n) is 4.05. The van der Waals surface area contributed by atoms with Crippen molar-refractivity contribution in [3.63, 3.8) is 0 Å². The predicted octanol–water partition coefficient (Wildman–Crippen LogP) is 2.42. The van der Waals surface area contributed by atoms with Crippen LogP contribution in [0.15, 0.2) is 29.3 Å². The largest absolute Gasteiger partial charge is 0.293 e. The number of alkyl halides is 2. The van der Waals surface area contributed by atoms with E-state index < -0.39 is 12.5 Å². The van der Waals surface area contributed by atoms with Crippen molar-refractivity contribution in [3.8, 4) is 0 Å². The van der Waals surface area contributed by atoms with Crippen molar-refractivity contribution in [1.29, 1.82) is 0 Å². The van der Waals surface area contributed by atoms with Gasteiger partial charge in [0.25, 0.3) is 5.92 Å². The van der Waals surface area contributed by atoms with Crippen molar-refractivity contribution < 1.29 is 13.6 Å². The highest BCUT2D eigenvalue weighted by Gasteiger charge is 2.32. The average Bonchev–Trinajstić information content (AvgIpc) is 2.15. The molecule has 2 nitrogen and oxygen atoms in total. The Morgan fingerprint density at radius 2 is 2.07 bits per heavy atom. The molecule has 0 spiro atoms. The van der Waals surface area contributed by atoms with Crippen molar-refractivity contribution in [2.45, 2.75) is 12.8 Å². The lowest BCUT2D eigenvalue weighted by molar-refractivity contribution is 0.00592. The van der Waals surface area contributed by atoms with Crippen LogP contribution in [0, 0.1) is 6.92 Å². The number of isocyanates is 1. The van der Waals surface area contributed by atoms with Gasteiger partial charge in [-0.1, -0.05) is 24.3 Å². The summed E-state index contributed by atoms with van der Waals surface area (Å²) in [7, 11) is 0. The minimum absolute atomic E-state index is 0.0981. The fraction of sp³-hybridized carbons (Fsp3) is 0.300. The fourth-order valence-corrected chi connectivity index (χ4v) is 1.20. The summed E-state index contributed by atoms with van der Waals surface area (Å²) < 4.78 is 26.7. The minimum Gasteiger partial charge on any atom is -0.211 e. The summed E-state index contributed by atoms with van der Waals surface area (Å²) in [6.45, 7) is 0.745. The Labute approximate surface area is 80.3 Å². The molecule has 0 unspecified atom stereocenters. The topological polar surface area (TPSA) is 29.4 Å². The van der Waals surface area contributed by atoms with Crippen LogP contribution in [0.4, 0.5) is 8.78 Å².